The van der Waals surface area contributed by atoms with Gasteiger partial charge in [-0.3, -0.25) is 0 Å². The van der Waals surface area contributed by atoms with Crippen LogP contribution in [0.25, 0.3) is 5.32 Å². The van der Waals surface area contributed by atoms with E-state index >= 15 is 0 Å². The van der Waals surface area contributed by atoms with E-state index in [-0.39, 0.29) is 28.5 Å². The summed E-state index contributed by atoms with van der Waals surface area (Å²) >= 11 is 0. The first-order chi connectivity index (χ1) is 7.72. The van der Waals surface area contributed by atoms with Crippen LogP contribution in [0.2, 0.25) is 0 Å². The molecule has 0 atom stereocenters. The smallest absolute Gasteiger partial charge is 0.665 e. The molecule has 1 saturated carbocycles. The summed E-state index contributed by atoms with van der Waals surface area (Å²) in [5, 5.41) is 4.18. The molecule has 0 bridgehead atoms. The van der Waals surface area contributed by atoms with Crippen molar-refractivity contribution in [2.75, 3.05) is 40.8 Å². The molecular formula is C14H30N2OW. The molecule has 1 rings (SSSR count). The second kappa shape index (κ2) is 12.6. The van der Waals surface area contributed by atoms with Crippen molar-refractivity contribution < 1.29 is 25.8 Å². The van der Waals surface area contributed by atoms with E-state index < -0.39 is 0 Å². The molecule has 0 aliphatic heterocycles. The van der Waals surface area contributed by atoms with Gasteiger partial charge in [0.2, 0.25) is 0 Å². The minimum absolute atomic E-state index is 0. The van der Waals surface area contributed by atoms with Crippen LogP contribution in [0.5, 0.6) is 0 Å². The predicted molar refractivity (Wildman–Crippen MR) is 75.4 cm³/mol. The van der Waals surface area contributed by atoms with Gasteiger partial charge in [-0.15, -0.1) is 6.54 Å². The molecular weight excluding hydrogens is 396 g/mol. The van der Waals surface area contributed by atoms with E-state index in [0.717, 1.165) is 25.6 Å². The van der Waals surface area contributed by atoms with Gasteiger partial charge in [-0.25, -0.2) is 0 Å². The SMILES string of the molecule is C[N-]CCC1CCC(OCCN(C)C)CC1.[CH3-].[W+2]. The maximum Gasteiger partial charge on any atom is 2.00 e. The fraction of sp³-hybridized carbons (Fsp3) is 0.929. The van der Waals surface area contributed by atoms with Crippen molar-refractivity contribution >= 4 is 0 Å². The molecule has 0 aromatic carbocycles. The predicted octanol–water partition coefficient (Wildman–Crippen LogP) is 2.96. The summed E-state index contributed by atoms with van der Waals surface area (Å²) in [6, 6.07) is 0. The van der Waals surface area contributed by atoms with Crippen molar-refractivity contribution in [3.63, 3.8) is 0 Å². The van der Waals surface area contributed by atoms with Crippen LogP contribution in [0.3, 0.4) is 0 Å². The maximum absolute atomic E-state index is 5.88. The fourth-order valence-electron chi connectivity index (χ4n) is 2.30. The molecule has 18 heavy (non-hydrogen) atoms. The molecule has 0 saturated heterocycles. The molecule has 0 spiro atoms. The van der Waals surface area contributed by atoms with Gasteiger partial charge in [0.1, 0.15) is 0 Å². The van der Waals surface area contributed by atoms with Crippen molar-refractivity contribution in [3.8, 4) is 0 Å². The molecule has 0 unspecified atom stereocenters. The monoisotopic (exact) mass is 426 g/mol. The summed E-state index contributed by atoms with van der Waals surface area (Å²) in [5.41, 5.74) is 0. The molecule has 0 aromatic rings. The van der Waals surface area contributed by atoms with Gasteiger partial charge in [0, 0.05) is 6.54 Å². The van der Waals surface area contributed by atoms with E-state index in [4.69, 9.17) is 4.74 Å². The van der Waals surface area contributed by atoms with Crippen LogP contribution in [0.1, 0.15) is 32.1 Å². The standard InChI is InChI=1S/C13H27N2O.CH3.W/c1-14-9-8-12-4-6-13(7-5-12)16-11-10-15(2)3;;/h12-13H,4-11H2,1-3H3;1H3;/q2*-1;+2. The Morgan fingerprint density at radius 3 is 2.28 bits per heavy atom. The van der Waals surface area contributed by atoms with Gasteiger partial charge in [0.15, 0.2) is 0 Å². The Labute approximate surface area is 128 Å². The summed E-state index contributed by atoms with van der Waals surface area (Å²) in [6.07, 6.45) is 6.98. The Morgan fingerprint density at radius 2 is 1.78 bits per heavy atom. The van der Waals surface area contributed by atoms with Crippen molar-refractivity contribution in [2.45, 2.75) is 38.2 Å². The second-order valence-electron chi connectivity index (χ2n) is 5.15. The van der Waals surface area contributed by atoms with Crippen molar-refractivity contribution in [1.29, 1.82) is 0 Å². The van der Waals surface area contributed by atoms with E-state index in [0.29, 0.717) is 6.10 Å². The Kier molecular flexibility index (Phi) is 14.6. The van der Waals surface area contributed by atoms with Crippen molar-refractivity contribution in [1.82, 2.24) is 4.90 Å². The molecule has 0 heterocycles. The second-order valence-corrected chi connectivity index (χ2v) is 5.15. The number of likely N-dealkylation sites (N-methyl/N-ethyl adjacent to an activating group) is 1. The number of rotatable bonds is 7. The zero-order chi connectivity index (χ0) is 11.8. The Hall–Kier alpha value is 0.568. The van der Waals surface area contributed by atoms with Gasteiger partial charge in [0.25, 0.3) is 0 Å². The number of ether oxygens (including phenoxy) is 1. The van der Waals surface area contributed by atoms with Gasteiger partial charge in [-0.1, -0.05) is 6.42 Å². The van der Waals surface area contributed by atoms with Crippen LogP contribution >= 0.6 is 0 Å². The quantitative estimate of drug-likeness (QED) is 0.586. The summed E-state index contributed by atoms with van der Waals surface area (Å²) in [7, 11) is 6.10. The van der Waals surface area contributed by atoms with Crippen molar-refractivity contribution in [2.24, 2.45) is 5.92 Å². The zero-order valence-electron chi connectivity index (χ0n) is 12.5. The van der Waals surface area contributed by atoms with E-state index in [2.05, 4.69) is 24.3 Å². The third kappa shape index (κ3) is 9.49. The molecule has 1 aliphatic rings. The van der Waals surface area contributed by atoms with Crippen LogP contribution in [0.4, 0.5) is 0 Å². The Balaban J connectivity index is 0. The summed E-state index contributed by atoms with van der Waals surface area (Å²) in [4.78, 5) is 2.17. The zero-order valence-corrected chi connectivity index (χ0v) is 15.5. The molecule has 4 heteroatoms. The average Bonchev–Trinajstić information content (AvgIpc) is 2.27. The largest absolute Gasteiger partial charge is 2.00 e. The van der Waals surface area contributed by atoms with Crippen molar-refractivity contribution in [3.05, 3.63) is 12.7 Å². The molecule has 1 fully saturated rings. The molecule has 0 radical (unpaired) electrons. The Morgan fingerprint density at radius 1 is 1.17 bits per heavy atom. The minimum Gasteiger partial charge on any atom is -0.665 e. The van der Waals surface area contributed by atoms with Crippen LogP contribution in [0, 0.1) is 13.3 Å². The van der Waals surface area contributed by atoms with Gasteiger partial charge in [0.05, 0.1) is 12.7 Å². The van der Waals surface area contributed by atoms with Gasteiger partial charge < -0.3 is 22.4 Å². The molecule has 108 valence electrons. The van der Waals surface area contributed by atoms with Crippen LogP contribution in [-0.4, -0.2) is 51.8 Å². The van der Waals surface area contributed by atoms with Gasteiger partial charge in [-0.05, 0) is 45.7 Å². The number of nitrogens with zero attached hydrogens (tertiary/aromatic N) is 2. The van der Waals surface area contributed by atoms with Gasteiger partial charge in [-0.2, -0.15) is 7.05 Å². The normalized spacial score (nSPS) is 23.3. The Bertz CT molecular complexity index is 171. The van der Waals surface area contributed by atoms with E-state index in [1.54, 1.807) is 0 Å². The molecule has 0 aromatic heterocycles. The molecule has 0 amide bonds. The average molecular weight is 426 g/mol. The van der Waals surface area contributed by atoms with Crippen LogP contribution < -0.4 is 0 Å². The van der Waals surface area contributed by atoms with Gasteiger partial charge >= 0.3 is 21.1 Å². The molecule has 3 nitrogen and oxygen atoms in total. The first-order valence-electron chi connectivity index (χ1n) is 6.54. The maximum atomic E-state index is 5.88. The molecule has 1 aliphatic carbocycles. The minimum atomic E-state index is 0. The molecule has 0 N–H and O–H groups in total. The summed E-state index contributed by atoms with van der Waals surface area (Å²) in [6.45, 7) is 2.96. The first-order valence-corrected chi connectivity index (χ1v) is 6.54. The topological polar surface area (TPSA) is 26.6 Å². The van der Waals surface area contributed by atoms with E-state index in [9.17, 15) is 0 Å². The summed E-state index contributed by atoms with van der Waals surface area (Å²) < 4.78 is 5.88. The third-order valence-corrected chi connectivity index (χ3v) is 3.45. The van der Waals surface area contributed by atoms with E-state index in [1.165, 1.54) is 32.1 Å². The number of hydrogen-bond acceptors (Lipinski definition) is 2. The first kappa shape index (κ1) is 20.9. The fourth-order valence-corrected chi connectivity index (χ4v) is 2.30. The van der Waals surface area contributed by atoms with E-state index in [1.807, 2.05) is 7.05 Å². The third-order valence-electron chi connectivity index (χ3n) is 3.45. The van der Waals surface area contributed by atoms with Crippen LogP contribution in [0.15, 0.2) is 0 Å². The number of hydrogen-bond donors (Lipinski definition) is 0. The summed E-state index contributed by atoms with van der Waals surface area (Å²) in [5.74, 6) is 0.900. The van der Waals surface area contributed by atoms with Crippen LogP contribution in [-0.2, 0) is 25.8 Å².